The summed E-state index contributed by atoms with van der Waals surface area (Å²) in [4.78, 5) is 50.0. The van der Waals surface area contributed by atoms with Crippen LogP contribution in [0.5, 0.6) is 0 Å². The van der Waals surface area contributed by atoms with Crippen molar-refractivity contribution in [3.8, 4) is 0 Å². The van der Waals surface area contributed by atoms with Crippen molar-refractivity contribution in [3.05, 3.63) is 51.7 Å². The van der Waals surface area contributed by atoms with E-state index in [0.29, 0.717) is 24.9 Å². The topological polar surface area (TPSA) is 95.6 Å². The summed E-state index contributed by atoms with van der Waals surface area (Å²) in [5.74, 6) is -0.420. The predicted octanol–water partition coefficient (Wildman–Crippen LogP) is 2.72. The van der Waals surface area contributed by atoms with Crippen molar-refractivity contribution in [1.29, 1.82) is 0 Å². The average Bonchev–Trinajstić information content (AvgIpc) is 3.28. The maximum Gasteiger partial charge on any atom is 0.319 e. The maximum atomic E-state index is 12.8. The van der Waals surface area contributed by atoms with Gasteiger partial charge in [-0.1, -0.05) is 12.1 Å². The number of nitrogens with zero attached hydrogens (tertiary/aromatic N) is 1. The zero-order valence-electron chi connectivity index (χ0n) is 15.1. The van der Waals surface area contributed by atoms with Crippen molar-refractivity contribution in [2.24, 2.45) is 0 Å². The molecular formula is C20H19N3O4S. The van der Waals surface area contributed by atoms with Gasteiger partial charge in [-0.05, 0) is 35.1 Å². The van der Waals surface area contributed by atoms with Crippen molar-refractivity contribution in [2.75, 3.05) is 5.32 Å². The lowest BCUT2D eigenvalue weighted by molar-refractivity contribution is -0.133. The number of carbonyl (C=O) groups is 4. The van der Waals surface area contributed by atoms with Gasteiger partial charge >= 0.3 is 6.03 Å². The Morgan fingerprint density at radius 1 is 1.21 bits per heavy atom. The van der Waals surface area contributed by atoms with E-state index < -0.39 is 6.04 Å². The molecule has 28 heavy (non-hydrogen) atoms. The molecule has 1 unspecified atom stereocenters. The number of thiophene rings is 1. The van der Waals surface area contributed by atoms with Crippen molar-refractivity contribution in [2.45, 2.75) is 38.4 Å². The van der Waals surface area contributed by atoms with Gasteiger partial charge in [0.1, 0.15) is 5.78 Å². The standard InChI is InChI=1S/C20H19N3O4S/c24-15-3-4-17(18(25)8-15)23-10-13-2-1-12(7-16(13)19(23)26)9-21-20(27)22-14-5-6-28-11-14/h1-2,5-7,11,17H,3-4,8-10H2,(H2,21,22,27). The fourth-order valence-electron chi connectivity index (χ4n) is 3.61. The molecule has 0 spiro atoms. The molecule has 7 nitrogen and oxygen atoms in total. The number of anilines is 1. The molecular weight excluding hydrogens is 378 g/mol. The molecule has 2 N–H and O–H groups in total. The summed E-state index contributed by atoms with van der Waals surface area (Å²) in [7, 11) is 0. The van der Waals surface area contributed by atoms with Gasteiger partial charge in [0.15, 0.2) is 5.78 Å². The van der Waals surface area contributed by atoms with Crippen LogP contribution in [0.2, 0.25) is 0 Å². The van der Waals surface area contributed by atoms with Crippen LogP contribution < -0.4 is 10.6 Å². The Bertz CT molecular complexity index is 954. The highest BCUT2D eigenvalue weighted by Crippen LogP contribution is 2.29. The van der Waals surface area contributed by atoms with E-state index in [1.54, 1.807) is 11.0 Å². The van der Waals surface area contributed by atoms with Crippen LogP contribution >= 0.6 is 11.3 Å². The highest BCUT2D eigenvalue weighted by Gasteiger charge is 2.38. The van der Waals surface area contributed by atoms with E-state index in [-0.39, 0.29) is 36.5 Å². The fourth-order valence-corrected chi connectivity index (χ4v) is 4.20. The second-order valence-electron chi connectivity index (χ2n) is 6.98. The Morgan fingerprint density at radius 3 is 2.82 bits per heavy atom. The van der Waals surface area contributed by atoms with E-state index in [2.05, 4.69) is 10.6 Å². The Hall–Kier alpha value is -3.00. The Morgan fingerprint density at radius 2 is 2.07 bits per heavy atom. The van der Waals surface area contributed by atoms with Crippen LogP contribution in [0.1, 0.15) is 40.7 Å². The lowest BCUT2D eigenvalue weighted by atomic mass is 9.92. The minimum atomic E-state index is -0.518. The molecule has 1 aliphatic carbocycles. The number of amides is 3. The number of rotatable bonds is 4. The van der Waals surface area contributed by atoms with Gasteiger partial charge in [0.25, 0.3) is 5.91 Å². The van der Waals surface area contributed by atoms with E-state index in [9.17, 15) is 19.2 Å². The Kier molecular flexibility index (Phi) is 4.95. The summed E-state index contributed by atoms with van der Waals surface area (Å²) in [6, 6.07) is 6.47. The number of hydrogen-bond acceptors (Lipinski definition) is 5. The number of hydrogen-bond donors (Lipinski definition) is 2. The zero-order chi connectivity index (χ0) is 19.7. The Balaban J connectivity index is 1.40. The average molecular weight is 397 g/mol. The highest BCUT2D eigenvalue weighted by molar-refractivity contribution is 7.08. The van der Waals surface area contributed by atoms with E-state index in [0.717, 1.165) is 16.8 Å². The van der Waals surface area contributed by atoms with Crippen LogP contribution in [0.25, 0.3) is 0 Å². The van der Waals surface area contributed by atoms with Gasteiger partial charge < -0.3 is 15.5 Å². The van der Waals surface area contributed by atoms with Crippen molar-refractivity contribution >= 4 is 40.5 Å². The van der Waals surface area contributed by atoms with E-state index in [4.69, 9.17) is 0 Å². The number of nitrogens with one attached hydrogen (secondary N) is 2. The minimum Gasteiger partial charge on any atom is -0.334 e. The molecule has 1 aliphatic heterocycles. The molecule has 2 heterocycles. The quantitative estimate of drug-likeness (QED) is 0.776. The molecule has 4 rings (SSSR count). The first-order chi connectivity index (χ1) is 13.5. The van der Waals surface area contributed by atoms with E-state index in [1.165, 1.54) is 11.3 Å². The molecule has 2 aromatic rings. The van der Waals surface area contributed by atoms with Gasteiger partial charge in [0, 0.05) is 30.5 Å². The monoisotopic (exact) mass is 397 g/mol. The number of carbonyl (C=O) groups excluding carboxylic acids is 4. The first-order valence-corrected chi connectivity index (χ1v) is 10.00. The van der Waals surface area contributed by atoms with Crippen LogP contribution in [-0.4, -0.2) is 34.4 Å². The molecule has 0 bridgehead atoms. The first kappa shape index (κ1) is 18.4. The van der Waals surface area contributed by atoms with Crippen LogP contribution in [-0.2, 0) is 22.7 Å². The molecule has 1 atom stereocenters. The van der Waals surface area contributed by atoms with Crippen LogP contribution in [0.3, 0.4) is 0 Å². The number of urea groups is 1. The second-order valence-corrected chi connectivity index (χ2v) is 7.76. The van der Waals surface area contributed by atoms with Crippen molar-refractivity contribution < 1.29 is 19.2 Å². The zero-order valence-corrected chi connectivity index (χ0v) is 15.9. The van der Waals surface area contributed by atoms with Crippen molar-refractivity contribution in [1.82, 2.24) is 10.2 Å². The highest BCUT2D eigenvalue weighted by atomic mass is 32.1. The summed E-state index contributed by atoms with van der Waals surface area (Å²) in [6.45, 7) is 0.665. The molecule has 1 fully saturated rings. The normalized spacial score (nSPS) is 18.9. The maximum absolute atomic E-state index is 12.8. The van der Waals surface area contributed by atoms with E-state index >= 15 is 0 Å². The van der Waals surface area contributed by atoms with Gasteiger partial charge in [-0.15, -0.1) is 0 Å². The van der Waals surface area contributed by atoms with Crippen LogP contribution in [0, 0.1) is 0 Å². The number of ketones is 2. The van der Waals surface area contributed by atoms with Gasteiger partial charge in [-0.2, -0.15) is 11.3 Å². The number of benzene rings is 1. The molecule has 0 saturated heterocycles. The summed E-state index contributed by atoms with van der Waals surface area (Å²) in [5.41, 5.74) is 2.96. The first-order valence-electron chi connectivity index (χ1n) is 9.05. The molecule has 1 saturated carbocycles. The molecule has 1 aromatic carbocycles. The lowest BCUT2D eigenvalue weighted by Gasteiger charge is -2.29. The largest absolute Gasteiger partial charge is 0.334 e. The Labute approximate surface area is 165 Å². The molecule has 8 heteroatoms. The molecule has 0 radical (unpaired) electrons. The second kappa shape index (κ2) is 7.55. The van der Waals surface area contributed by atoms with Crippen LogP contribution in [0.15, 0.2) is 35.0 Å². The van der Waals surface area contributed by atoms with Gasteiger partial charge in [-0.3, -0.25) is 14.4 Å². The summed E-state index contributed by atoms with van der Waals surface area (Å²) in [6.07, 6.45) is 0.651. The van der Waals surface area contributed by atoms with Gasteiger partial charge in [0.2, 0.25) is 0 Å². The third-order valence-corrected chi connectivity index (χ3v) is 5.74. The summed E-state index contributed by atoms with van der Waals surface area (Å²) >= 11 is 1.49. The van der Waals surface area contributed by atoms with Gasteiger partial charge in [-0.25, -0.2) is 4.79 Å². The lowest BCUT2D eigenvalue weighted by Crippen LogP contribution is -2.44. The third kappa shape index (κ3) is 3.68. The summed E-state index contributed by atoms with van der Waals surface area (Å²) < 4.78 is 0. The summed E-state index contributed by atoms with van der Waals surface area (Å²) in [5, 5.41) is 9.21. The van der Waals surface area contributed by atoms with E-state index in [1.807, 2.05) is 29.0 Å². The molecule has 3 amide bonds. The predicted molar refractivity (Wildman–Crippen MR) is 104 cm³/mol. The fraction of sp³-hybridized carbons (Fsp3) is 0.300. The van der Waals surface area contributed by atoms with Gasteiger partial charge in [0.05, 0.1) is 18.2 Å². The molecule has 144 valence electrons. The third-order valence-electron chi connectivity index (χ3n) is 5.05. The van der Waals surface area contributed by atoms with Crippen LogP contribution in [0.4, 0.5) is 10.5 Å². The molecule has 2 aliphatic rings. The molecule has 1 aromatic heterocycles. The number of fused-ring (bicyclic) bond motifs is 1. The van der Waals surface area contributed by atoms with Crippen molar-refractivity contribution in [3.63, 3.8) is 0 Å². The SMILES string of the molecule is O=C1CCC(N2Cc3ccc(CNC(=O)Nc4ccsc4)cc3C2=O)C(=O)C1. The smallest absolute Gasteiger partial charge is 0.319 e. The minimum absolute atomic E-state index is 0.0560. The number of Topliss-reactive ketones (excluding diaryl/α,β-unsaturated/α-hetero) is 2.